The fourth-order valence-corrected chi connectivity index (χ4v) is 4.49. The summed E-state index contributed by atoms with van der Waals surface area (Å²) in [7, 11) is 0. The number of carbonyl (C=O) groups is 5. The molecule has 4 atom stereocenters. The Morgan fingerprint density at radius 1 is 1.11 bits per heavy atom. The van der Waals surface area contributed by atoms with Gasteiger partial charge in [-0.25, -0.2) is 4.79 Å². The number of rotatable bonds is 14. The zero-order chi connectivity index (χ0) is 26.7. The van der Waals surface area contributed by atoms with Gasteiger partial charge in [-0.15, -0.1) is 0 Å². The Labute approximate surface area is 214 Å². The first kappa shape index (κ1) is 29.1. The Bertz CT molecular complexity index is 931. The van der Waals surface area contributed by atoms with Crippen molar-refractivity contribution in [2.24, 2.45) is 11.5 Å². The number of nitrogens with one attached hydrogen (secondary N) is 2. The zero-order valence-corrected chi connectivity index (χ0v) is 21.2. The third-order valence-electron chi connectivity index (χ3n) is 6.00. The highest BCUT2D eigenvalue weighted by Crippen LogP contribution is 2.20. The van der Waals surface area contributed by atoms with Crippen molar-refractivity contribution < 1.29 is 29.1 Å². The molecule has 198 valence electrons. The van der Waals surface area contributed by atoms with Crippen LogP contribution in [-0.2, 0) is 30.4 Å². The molecule has 1 heterocycles. The smallest absolute Gasteiger partial charge is 0.326 e. The normalized spacial score (nSPS) is 17.6. The molecule has 1 aliphatic rings. The highest BCUT2D eigenvalue weighted by atomic mass is 32.2. The predicted octanol–water partition coefficient (Wildman–Crippen LogP) is -0.380. The fraction of sp³-hybridized carbons (Fsp3) is 0.542. The first-order valence-electron chi connectivity index (χ1n) is 11.8. The van der Waals surface area contributed by atoms with Gasteiger partial charge in [-0.1, -0.05) is 30.3 Å². The lowest BCUT2D eigenvalue weighted by atomic mass is 10.0. The summed E-state index contributed by atoms with van der Waals surface area (Å²) in [6.45, 7) is 0.300. The van der Waals surface area contributed by atoms with Crippen molar-refractivity contribution in [3.8, 4) is 0 Å². The molecule has 4 amide bonds. The second-order valence-electron chi connectivity index (χ2n) is 8.73. The van der Waals surface area contributed by atoms with Gasteiger partial charge in [0.25, 0.3) is 0 Å². The van der Waals surface area contributed by atoms with E-state index in [-0.39, 0.29) is 25.7 Å². The number of nitrogens with zero attached hydrogens (tertiary/aromatic N) is 1. The number of benzene rings is 1. The fourth-order valence-electron chi connectivity index (χ4n) is 4.02. The van der Waals surface area contributed by atoms with Crippen molar-refractivity contribution in [1.82, 2.24) is 15.5 Å². The molecule has 0 saturated carbocycles. The van der Waals surface area contributed by atoms with Crippen LogP contribution in [0.15, 0.2) is 30.3 Å². The van der Waals surface area contributed by atoms with Crippen LogP contribution in [0.2, 0.25) is 0 Å². The molecule has 2 rings (SSSR count). The summed E-state index contributed by atoms with van der Waals surface area (Å²) in [6.07, 6.45) is 3.20. The minimum absolute atomic E-state index is 0.0365. The van der Waals surface area contributed by atoms with Crippen LogP contribution in [0.5, 0.6) is 0 Å². The first-order valence-corrected chi connectivity index (χ1v) is 13.2. The van der Waals surface area contributed by atoms with Gasteiger partial charge in [0.05, 0.1) is 6.04 Å². The van der Waals surface area contributed by atoms with E-state index in [0.29, 0.717) is 25.1 Å². The summed E-state index contributed by atoms with van der Waals surface area (Å²) in [5.74, 6) is -2.74. The van der Waals surface area contributed by atoms with Crippen LogP contribution in [0.1, 0.15) is 37.7 Å². The third-order valence-corrected chi connectivity index (χ3v) is 6.64. The van der Waals surface area contributed by atoms with E-state index in [1.165, 1.54) is 16.7 Å². The summed E-state index contributed by atoms with van der Waals surface area (Å²) in [5.41, 5.74) is 11.8. The van der Waals surface area contributed by atoms with E-state index in [1.807, 2.05) is 36.6 Å². The zero-order valence-electron chi connectivity index (χ0n) is 20.4. The standard InChI is InChI=1S/C24H35N5O6S/c1-36-13-11-17(24(34)35)27-22(32)19-8-5-12-29(19)23(33)18(14-15-6-3-2-4-7-15)28-21(31)16(25)9-10-20(26)30/h2-4,6-7,16-19H,5,8-14,25H2,1H3,(H2,26,30)(H,27,32)(H,28,31)(H,34,35). The number of hydrogen-bond donors (Lipinski definition) is 5. The number of primary amides is 1. The molecule has 1 fully saturated rings. The lowest BCUT2D eigenvalue weighted by Gasteiger charge is -2.30. The van der Waals surface area contributed by atoms with Crippen LogP contribution in [0.25, 0.3) is 0 Å². The van der Waals surface area contributed by atoms with Crippen LogP contribution >= 0.6 is 11.8 Å². The van der Waals surface area contributed by atoms with Crippen molar-refractivity contribution in [2.75, 3.05) is 18.6 Å². The Morgan fingerprint density at radius 3 is 2.42 bits per heavy atom. The van der Waals surface area contributed by atoms with Crippen molar-refractivity contribution in [2.45, 2.75) is 62.7 Å². The molecule has 36 heavy (non-hydrogen) atoms. The number of thioether (sulfide) groups is 1. The molecule has 1 saturated heterocycles. The van der Waals surface area contributed by atoms with Crippen LogP contribution in [-0.4, -0.2) is 82.3 Å². The molecule has 1 aliphatic heterocycles. The molecule has 4 unspecified atom stereocenters. The van der Waals surface area contributed by atoms with E-state index in [1.54, 1.807) is 0 Å². The number of amides is 4. The van der Waals surface area contributed by atoms with Crippen molar-refractivity contribution in [1.29, 1.82) is 0 Å². The molecule has 0 spiro atoms. The Morgan fingerprint density at radius 2 is 1.81 bits per heavy atom. The molecule has 1 aromatic rings. The van der Waals surface area contributed by atoms with Crippen molar-refractivity contribution >= 4 is 41.4 Å². The summed E-state index contributed by atoms with van der Waals surface area (Å²) in [5, 5.41) is 14.7. The van der Waals surface area contributed by atoms with E-state index < -0.39 is 53.8 Å². The molecule has 1 aromatic carbocycles. The summed E-state index contributed by atoms with van der Waals surface area (Å²) >= 11 is 1.47. The number of nitrogens with two attached hydrogens (primary N) is 2. The van der Waals surface area contributed by atoms with Crippen LogP contribution in [0.4, 0.5) is 0 Å². The van der Waals surface area contributed by atoms with Crippen molar-refractivity contribution in [3.05, 3.63) is 35.9 Å². The topological polar surface area (TPSA) is 185 Å². The average Bonchev–Trinajstić information content (AvgIpc) is 3.34. The number of carbonyl (C=O) groups excluding carboxylic acids is 4. The molecular weight excluding hydrogens is 486 g/mol. The Kier molecular flexibility index (Phi) is 11.7. The lowest BCUT2D eigenvalue weighted by Crippen LogP contribution is -2.57. The number of likely N-dealkylation sites (tertiary alicyclic amines) is 1. The van der Waals surface area contributed by atoms with Gasteiger partial charge < -0.3 is 32.1 Å². The number of carboxylic acids is 1. The summed E-state index contributed by atoms with van der Waals surface area (Å²) in [6, 6.07) is 5.16. The van der Waals surface area contributed by atoms with Crippen LogP contribution in [0, 0.1) is 0 Å². The van der Waals surface area contributed by atoms with E-state index in [0.717, 1.165) is 5.56 Å². The maximum atomic E-state index is 13.6. The van der Waals surface area contributed by atoms with Crippen molar-refractivity contribution in [3.63, 3.8) is 0 Å². The minimum atomic E-state index is -1.13. The first-order chi connectivity index (χ1) is 17.1. The SMILES string of the molecule is CSCCC(NC(=O)C1CCCN1C(=O)C(Cc1ccccc1)NC(=O)C(N)CCC(N)=O)C(=O)O. The lowest BCUT2D eigenvalue weighted by molar-refractivity contribution is -0.145. The quantitative estimate of drug-likeness (QED) is 0.219. The molecular formula is C24H35N5O6S. The molecule has 11 nitrogen and oxygen atoms in total. The summed E-state index contributed by atoms with van der Waals surface area (Å²) < 4.78 is 0. The van der Waals surface area contributed by atoms with Gasteiger partial charge in [-0.2, -0.15) is 11.8 Å². The second kappa shape index (κ2) is 14.4. The van der Waals surface area contributed by atoms with Gasteiger partial charge in [0.2, 0.25) is 23.6 Å². The summed E-state index contributed by atoms with van der Waals surface area (Å²) in [4.78, 5) is 63.3. The average molecular weight is 522 g/mol. The van der Waals surface area contributed by atoms with E-state index >= 15 is 0 Å². The Balaban J connectivity index is 2.17. The predicted molar refractivity (Wildman–Crippen MR) is 136 cm³/mol. The van der Waals surface area contributed by atoms with Crippen LogP contribution in [0.3, 0.4) is 0 Å². The molecule has 0 radical (unpaired) electrons. The number of aliphatic carboxylic acids is 1. The second-order valence-corrected chi connectivity index (χ2v) is 9.72. The van der Waals surface area contributed by atoms with Crippen LogP contribution < -0.4 is 22.1 Å². The highest BCUT2D eigenvalue weighted by molar-refractivity contribution is 7.98. The third kappa shape index (κ3) is 8.83. The van der Waals surface area contributed by atoms with E-state index in [4.69, 9.17) is 11.5 Å². The van der Waals surface area contributed by atoms with Gasteiger partial charge in [0.15, 0.2) is 0 Å². The highest BCUT2D eigenvalue weighted by Gasteiger charge is 2.39. The van der Waals surface area contributed by atoms with Gasteiger partial charge in [-0.05, 0) is 43.3 Å². The van der Waals surface area contributed by atoms with Gasteiger partial charge in [0.1, 0.15) is 18.1 Å². The molecule has 0 aromatic heterocycles. The molecule has 0 aliphatic carbocycles. The molecule has 7 N–H and O–H groups in total. The molecule has 12 heteroatoms. The number of hydrogen-bond acceptors (Lipinski definition) is 7. The molecule has 0 bridgehead atoms. The van der Waals surface area contributed by atoms with Gasteiger partial charge in [-0.3, -0.25) is 19.2 Å². The van der Waals surface area contributed by atoms with Gasteiger partial charge in [0, 0.05) is 19.4 Å². The maximum Gasteiger partial charge on any atom is 0.326 e. The van der Waals surface area contributed by atoms with E-state index in [9.17, 15) is 29.1 Å². The largest absolute Gasteiger partial charge is 0.480 e. The monoisotopic (exact) mass is 521 g/mol. The van der Waals surface area contributed by atoms with Gasteiger partial charge >= 0.3 is 5.97 Å². The Hall–Kier alpha value is -3.12. The van der Waals surface area contributed by atoms with E-state index in [2.05, 4.69) is 10.6 Å². The maximum absolute atomic E-state index is 13.6. The number of carboxylic acid groups (broad SMARTS) is 1. The minimum Gasteiger partial charge on any atom is -0.480 e.